The lowest BCUT2D eigenvalue weighted by molar-refractivity contribution is -0.133. The van der Waals surface area contributed by atoms with Crippen LogP contribution in [-0.4, -0.2) is 56.4 Å². The van der Waals surface area contributed by atoms with Crippen molar-refractivity contribution in [1.29, 1.82) is 0 Å². The van der Waals surface area contributed by atoms with E-state index in [1.54, 1.807) is 29.4 Å². The van der Waals surface area contributed by atoms with E-state index in [1.165, 1.54) is 39.9 Å². The first-order valence-corrected chi connectivity index (χ1v) is 11.6. The van der Waals surface area contributed by atoms with Crippen LogP contribution in [0.2, 0.25) is 0 Å². The Labute approximate surface area is 193 Å². The lowest BCUT2D eigenvalue weighted by Crippen LogP contribution is -2.49. The average molecular weight is 464 g/mol. The topological polar surface area (TPSA) is 71.3 Å². The Bertz CT molecular complexity index is 1330. The minimum absolute atomic E-state index is 0.0508. The van der Waals surface area contributed by atoms with E-state index in [2.05, 4.69) is 14.9 Å². The van der Waals surface area contributed by atoms with Crippen molar-refractivity contribution in [1.82, 2.24) is 24.3 Å². The number of halogens is 1. The smallest absolute Gasteiger partial charge is 0.263 e. The van der Waals surface area contributed by atoms with Gasteiger partial charge in [-0.25, -0.2) is 9.37 Å². The molecule has 0 bridgehead atoms. The van der Waals surface area contributed by atoms with E-state index in [4.69, 9.17) is 0 Å². The second kappa shape index (κ2) is 9.21. The lowest BCUT2D eigenvalue weighted by Gasteiger charge is -2.34. The fourth-order valence-electron chi connectivity index (χ4n) is 4.07. The normalized spacial score (nSPS) is 14.6. The van der Waals surface area contributed by atoms with Gasteiger partial charge in [0.05, 0.1) is 11.7 Å². The van der Waals surface area contributed by atoms with Crippen LogP contribution in [0.25, 0.3) is 21.3 Å². The summed E-state index contributed by atoms with van der Waals surface area (Å²) in [6.07, 6.45) is 5.01. The van der Waals surface area contributed by atoms with Crippen LogP contribution in [-0.2, 0) is 17.9 Å². The van der Waals surface area contributed by atoms with Crippen LogP contribution in [0.15, 0.2) is 65.3 Å². The van der Waals surface area contributed by atoms with Crippen LogP contribution >= 0.6 is 11.3 Å². The zero-order valence-corrected chi connectivity index (χ0v) is 18.7. The predicted molar refractivity (Wildman–Crippen MR) is 125 cm³/mol. The van der Waals surface area contributed by atoms with Gasteiger partial charge in [0.15, 0.2) is 0 Å². The summed E-state index contributed by atoms with van der Waals surface area (Å²) >= 11 is 1.36. The molecule has 33 heavy (non-hydrogen) atoms. The van der Waals surface area contributed by atoms with E-state index in [9.17, 15) is 14.0 Å². The molecule has 1 aliphatic heterocycles. The summed E-state index contributed by atoms with van der Waals surface area (Å²) in [7, 11) is 0. The number of hydrogen-bond acceptors (Lipinski definition) is 6. The molecule has 0 radical (unpaired) electrons. The van der Waals surface area contributed by atoms with Crippen molar-refractivity contribution in [3.63, 3.8) is 0 Å². The van der Waals surface area contributed by atoms with Gasteiger partial charge in [0.25, 0.3) is 5.56 Å². The molecule has 0 aliphatic carbocycles. The maximum Gasteiger partial charge on any atom is 0.263 e. The minimum Gasteiger partial charge on any atom is -0.339 e. The number of fused-ring (bicyclic) bond motifs is 1. The predicted octanol–water partition coefficient (Wildman–Crippen LogP) is 3.00. The maximum absolute atomic E-state index is 13.3. The van der Waals surface area contributed by atoms with E-state index in [0.29, 0.717) is 28.9 Å². The number of carbonyl (C=O) groups excluding carboxylic acids is 1. The molecule has 168 valence electrons. The standard InChI is InChI=1S/C24H22FN5O2S/c25-19-3-1-18(2-4-19)20-15-33-23-22(20)24(32)30(16-27-23)14-21(31)29-11-9-28(10-12-29)13-17-5-7-26-8-6-17/h1-8,15-16H,9-14H2. The van der Waals surface area contributed by atoms with Gasteiger partial charge < -0.3 is 4.90 Å². The monoisotopic (exact) mass is 463 g/mol. The van der Waals surface area contributed by atoms with Crippen LogP contribution in [0, 0.1) is 5.82 Å². The highest BCUT2D eigenvalue weighted by Crippen LogP contribution is 2.30. The van der Waals surface area contributed by atoms with Crippen molar-refractivity contribution >= 4 is 27.5 Å². The molecule has 1 aliphatic rings. The third-order valence-corrected chi connectivity index (χ3v) is 6.79. The molecule has 5 rings (SSSR count). The summed E-state index contributed by atoms with van der Waals surface area (Å²) in [5.74, 6) is -0.430. The minimum atomic E-state index is -0.333. The van der Waals surface area contributed by atoms with Crippen molar-refractivity contribution in [3.05, 3.63) is 82.2 Å². The van der Waals surface area contributed by atoms with Crippen LogP contribution in [0.5, 0.6) is 0 Å². The van der Waals surface area contributed by atoms with Crippen molar-refractivity contribution < 1.29 is 9.18 Å². The summed E-state index contributed by atoms with van der Waals surface area (Å²) in [5.41, 5.74) is 2.39. The summed E-state index contributed by atoms with van der Waals surface area (Å²) in [6, 6.07) is 10.0. The molecule has 4 heterocycles. The van der Waals surface area contributed by atoms with Crippen LogP contribution in [0.3, 0.4) is 0 Å². The zero-order valence-electron chi connectivity index (χ0n) is 17.9. The highest BCUT2D eigenvalue weighted by Gasteiger charge is 2.22. The molecule has 1 amide bonds. The Morgan fingerprint density at radius 2 is 1.76 bits per heavy atom. The molecule has 4 aromatic rings. The molecule has 9 heteroatoms. The molecule has 0 saturated carbocycles. The molecule has 1 fully saturated rings. The van der Waals surface area contributed by atoms with Crippen LogP contribution < -0.4 is 5.56 Å². The molecule has 0 N–H and O–H groups in total. The number of thiophene rings is 1. The Morgan fingerprint density at radius 1 is 1.03 bits per heavy atom. The maximum atomic E-state index is 13.3. The quantitative estimate of drug-likeness (QED) is 0.455. The number of nitrogens with zero attached hydrogens (tertiary/aromatic N) is 5. The molecule has 1 aromatic carbocycles. The molecule has 1 saturated heterocycles. The highest BCUT2D eigenvalue weighted by molar-refractivity contribution is 7.17. The van der Waals surface area contributed by atoms with Crippen molar-refractivity contribution in [3.8, 4) is 11.1 Å². The second-order valence-corrected chi connectivity index (χ2v) is 8.88. The highest BCUT2D eigenvalue weighted by atomic mass is 32.1. The summed E-state index contributed by atoms with van der Waals surface area (Å²) < 4.78 is 14.7. The summed E-state index contributed by atoms with van der Waals surface area (Å²) in [4.78, 5) is 39.3. The number of hydrogen-bond donors (Lipinski definition) is 0. The molecule has 0 spiro atoms. The van der Waals surface area contributed by atoms with Gasteiger partial charge in [0.1, 0.15) is 17.2 Å². The van der Waals surface area contributed by atoms with Crippen molar-refractivity contribution in [2.24, 2.45) is 0 Å². The van der Waals surface area contributed by atoms with Gasteiger partial charge in [-0.05, 0) is 35.4 Å². The van der Waals surface area contributed by atoms with E-state index >= 15 is 0 Å². The second-order valence-electron chi connectivity index (χ2n) is 8.03. The zero-order chi connectivity index (χ0) is 22.8. The number of rotatable bonds is 5. The van der Waals surface area contributed by atoms with E-state index in [0.717, 1.165) is 25.2 Å². The molecule has 7 nitrogen and oxygen atoms in total. The Balaban J connectivity index is 1.29. The van der Waals surface area contributed by atoms with Crippen LogP contribution in [0.4, 0.5) is 4.39 Å². The Morgan fingerprint density at radius 3 is 2.48 bits per heavy atom. The average Bonchev–Trinajstić information content (AvgIpc) is 3.27. The largest absolute Gasteiger partial charge is 0.339 e. The third kappa shape index (κ3) is 4.55. The van der Waals surface area contributed by atoms with Gasteiger partial charge in [-0.1, -0.05) is 12.1 Å². The summed E-state index contributed by atoms with van der Waals surface area (Å²) in [5, 5.41) is 2.31. The number of benzene rings is 1. The molecular formula is C24H22FN5O2S. The van der Waals surface area contributed by atoms with Gasteiger partial charge in [0.2, 0.25) is 5.91 Å². The number of aromatic nitrogens is 3. The molecule has 3 aromatic heterocycles. The van der Waals surface area contributed by atoms with E-state index in [1.807, 2.05) is 17.5 Å². The SMILES string of the molecule is O=C(Cn1cnc2scc(-c3ccc(F)cc3)c2c1=O)N1CCN(Cc2ccncc2)CC1. The number of carbonyl (C=O) groups is 1. The Hall–Kier alpha value is -3.43. The summed E-state index contributed by atoms with van der Waals surface area (Å²) in [6.45, 7) is 3.57. The van der Waals surface area contributed by atoms with Gasteiger partial charge in [0, 0.05) is 56.1 Å². The number of piperazine rings is 1. The van der Waals surface area contributed by atoms with Gasteiger partial charge in [-0.15, -0.1) is 11.3 Å². The van der Waals surface area contributed by atoms with E-state index < -0.39 is 0 Å². The third-order valence-electron chi connectivity index (χ3n) is 5.90. The van der Waals surface area contributed by atoms with Crippen molar-refractivity contribution in [2.75, 3.05) is 26.2 Å². The molecule has 0 atom stereocenters. The van der Waals surface area contributed by atoms with Gasteiger partial charge >= 0.3 is 0 Å². The molecular weight excluding hydrogens is 441 g/mol. The first-order valence-electron chi connectivity index (χ1n) is 10.7. The first-order chi connectivity index (χ1) is 16.1. The Kier molecular flexibility index (Phi) is 5.97. The molecule has 0 unspecified atom stereocenters. The number of amides is 1. The van der Waals surface area contributed by atoms with Gasteiger partial charge in [-0.2, -0.15) is 0 Å². The fraction of sp³-hybridized carbons (Fsp3) is 0.250. The first kappa shape index (κ1) is 21.4. The van der Waals surface area contributed by atoms with Crippen molar-refractivity contribution in [2.45, 2.75) is 13.1 Å². The van der Waals surface area contributed by atoms with Gasteiger partial charge in [-0.3, -0.25) is 24.0 Å². The van der Waals surface area contributed by atoms with E-state index in [-0.39, 0.29) is 23.8 Å². The number of pyridine rings is 1. The lowest BCUT2D eigenvalue weighted by atomic mass is 10.1. The fourth-order valence-corrected chi connectivity index (χ4v) is 4.98. The van der Waals surface area contributed by atoms with Crippen LogP contribution in [0.1, 0.15) is 5.56 Å².